The molecule has 0 saturated heterocycles. The maximum Gasteiger partial charge on any atom is 0.251 e. The molecule has 0 bridgehead atoms. The molecule has 0 heterocycles. The molecule has 0 aromatic heterocycles. The van der Waals surface area contributed by atoms with E-state index in [1.54, 1.807) is 0 Å². The van der Waals surface area contributed by atoms with E-state index in [1.807, 2.05) is 42.5 Å². The molecular weight excluding hydrogens is 310 g/mol. The van der Waals surface area contributed by atoms with Crippen molar-refractivity contribution in [2.24, 2.45) is 0 Å². The second kappa shape index (κ2) is 7.30. The Bertz CT molecular complexity index is 699. The minimum Gasteiger partial charge on any atom is -0.490 e. The fourth-order valence-electron chi connectivity index (χ4n) is 3.61. The van der Waals surface area contributed by atoms with Gasteiger partial charge in [-0.15, -0.1) is 0 Å². The summed E-state index contributed by atoms with van der Waals surface area (Å²) in [4.78, 5) is 12.4. The standard InChI is InChI=1S/C22H25NO2/c24-22(18-10-8-17(9-11-18)16-6-7-16)23-19-12-14-21(15-13-19)25-20-4-2-1-3-5-20/h1-5,8-11,16,19,21H,6-7,12-15H2,(H,23,24). The van der Waals surface area contributed by atoms with Crippen LogP contribution in [0.25, 0.3) is 0 Å². The van der Waals surface area contributed by atoms with E-state index < -0.39 is 0 Å². The number of nitrogens with one attached hydrogen (secondary N) is 1. The van der Waals surface area contributed by atoms with Crippen LogP contribution < -0.4 is 10.1 Å². The van der Waals surface area contributed by atoms with Gasteiger partial charge in [-0.2, -0.15) is 0 Å². The van der Waals surface area contributed by atoms with E-state index in [9.17, 15) is 4.79 Å². The fourth-order valence-corrected chi connectivity index (χ4v) is 3.61. The molecule has 0 atom stereocenters. The highest BCUT2D eigenvalue weighted by molar-refractivity contribution is 5.94. The molecule has 1 N–H and O–H groups in total. The molecule has 4 rings (SSSR count). The normalized spacial score (nSPS) is 23.0. The zero-order chi connectivity index (χ0) is 17.1. The third kappa shape index (κ3) is 4.22. The molecule has 2 aliphatic carbocycles. The minimum absolute atomic E-state index is 0.0507. The van der Waals surface area contributed by atoms with Gasteiger partial charge in [0.05, 0.1) is 6.10 Å². The zero-order valence-corrected chi connectivity index (χ0v) is 14.5. The lowest BCUT2D eigenvalue weighted by molar-refractivity contribution is 0.0894. The van der Waals surface area contributed by atoms with Crippen molar-refractivity contribution in [3.63, 3.8) is 0 Å². The smallest absolute Gasteiger partial charge is 0.251 e. The van der Waals surface area contributed by atoms with Gasteiger partial charge in [0.1, 0.15) is 5.75 Å². The van der Waals surface area contributed by atoms with Gasteiger partial charge in [-0.25, -0.2) is 0 Å². The second-order valence-electron chi connectivity index (χ2n) is 7.27. The van der Waals surface area contributed by atoms with E-state index in [0.717, 1.165) is 42.9 Å². The molecule has 0 aliphatic heterocycles. The number of hydrogen-bond donors (Lipinski definition) is 1. The Hall–Kier alpha value is -2.29. The van der Waals surface area contributed by atoms with Crippen LogP contribution in [-0.4, -0.2) is 18.1 Å². The number of benzene rings is 2. The molecular formula is C22H25NO2. The molecule has 25 heavy (non-hydrogen) atoms. The van der Waals surface area contributed by atoms with Crippen LogP contribution >= 0.6 is 0 Å². The van der Waals surface area contributed by atoms with Crippen molar-refractivity contribution in [3.8, 4) is 5.75 Å². The van der Waals surface area contributed by atoms with Crippen LogP contribution in [0.4, 0.5) is 0 Å². The maximum atomic E-state index is 12.4. The van der Waals surface area contributed by atoms with Crippen LogP contribution in [0.2, 0.25) is 0 Å². The average molecular weight is 335 g/mol. The monoisotopic (exact) mass is 335 g/mol. The van der Waals surface area contributed by atoms with Crippen LogP contribution in [0.3, 0.4) is 0 Å². The maximum absolute atomic E-state index is 12.4. The summed E-state index contributed by atoms with van der Waals surface area (Å²) in [6.45, 7) is 0. The summed E-state index contributed by atoms with van der Waals surface area (Å²) < 4.78 is 6.02. The Labute approximate surface area is 149 Å². The molecule has 2 aromatic rings. The Morgan fingerprint density at radius 1 is 0.840 bits per heavy atom. The third-order valence-corrected chi connectivity index (χ3v) is 5.28. The van der Waals surface area contributed by atoms with E-state index in [0.29, 0.717) is 0 Å². The number of amides is 1. The van der Waals surface area contributed by atoms with Crippen molar-refractivity contribution in [3.05, 3.63) is 65.7 Å². The third-order valence-electron chi connectivity index (χ3n) is 5.28. The number of carbonyl (C=O) groups excluding carboxylic acids is 1. The first-order valence-corrected chi connectivity index (χ1v) is 9.40. The Kier molecular flexibility index (Phi) is 4.73. The molecule has 2 aliphatic rings. The lowest BCUT2D eigenvalue weighted by atomic mass is 9.92. The van der Waals surface area contributed by atoms with Gasteiger partial charge in [0.2, 0.25) is 0 Å². The van der Waals surface area contributed by atoms with Gasteiger partial charge in [0, 0.05) is 11.6 Å². The Morgan fingerprint density at radius 2 is 1.52 bits per heavy atom. The molecule has 3 heteroatoms. The van der Waals surface area contributed by atoms with Crippen LogP contribution in [0, 0.1) is 0 Å². The van der Waals surface area contributed by atoms with Crippen molar-refractivity contribution in [1.29, 1.82) is 0 Å². The lowest BCUT2D eigenvalue weighted by Crippen LogP contribution is -2.39. The highest BCUT2D eigenvalue weighted by atomic mass is 16.5. The quantitative estimate of drug-likeness (QED) is 0.861. The fraction of sp³-hybridized carbons (Fsp3) is 0.409. The van der Waals surface area contributed by atoms with E-state index in [4.69, 9.17) is 4.74 Å². The van der Waals surface area contributed by atoms with E-state index in [-0.39, 0.29) is 18.1 Å². The average Bonchev–Trinajstić information content (AvgIpc) is 3.50. The van der Waals surface area contributed by atoms with Crippen LogP contribution in [0.1, 0.15) is 60.4 Å². The van der Waals surface area contributed by atoms with Crippen LogP contribution in [0.15, 0.2) is 54.6 Å². The first kappa shape index (κ1) is 16.2. The summed E-state index contributed by atoms with van der Waals surface area (Å²) in [5, 5.41) is 3.19. The van der Waals surface area contributed by atoms with Gasteiger partial charge in [-0.3, -0.25) is 4.79 Å². The summed E-state index contributed by atoms with van der Waals surface area (Å²) in [5.41, 5.74) is 2.14. The summed E-state index contributed by atoms with van der Waals surface area (Å²) in [5.74, 6) is 1.72. The Balaban J connectivity index is 1.25. The van der Waals surface area contributed by atoms with E-state index in [1.165, 1.54) is 18.4 Å². The molecule has 2 aromatic carbocycles. The summed E-state index contributed by atoms with van der Waals surface area (Å²) in [6, 6.07) is 18.4. The van der Waals surface area contributed by atoms with Crippen LogP contribution in [-0.2, 0) is 0 Å². The van der Waals surface area contributed by atoms with Gasteiger partial charge >= 0.3 is 0 Å². The predicted octanol–water partition coefficient (Wildman–Crippen LogP) is 4.68. The molecule has 130 valence electrons. The van der Waals surface area contributed by atoms with Crippen molar-refractivity contribution < 1.29 is 9.53 Å². The minimum atomic E-state index is 0.0507. The zero-order valence-electron chi connectivity index (χ0n) is 14.5. The van der Waals surface area contributed by atoms with Gasteiger partial charge in [0.15, 0.2) is 0 Å². The van der Waals surface area contributed by atoms with Crippen molar-refractivity contribution in [2.75, 3.05) is 0 Å². The molecule has 0 radical (unpaired) electrons. The first-order valence-electron chi connectivity index (χ1n) is 9.40. The SMILES string of the molecule is O=C(NC1CCC(Oc2ccccc2)CC1)c1ccc(C2CC2)cc1. The van der Waals surface area contributed by atoms with Crippen LogP contribution in [0.5, 0.6) is 5.75 Å². The summed E-state index contributed by atoms with van der Waals surface area (Å²) in [6.07, 6.45) is 6.77. The predicted molar refractivity (Wildman–Crippen MR) is 99.0 cm³/mol. The molecule has 1 amide bonds. The van der Waals surface area contributed by atoms with E-state index >= 15 is 0 Å². The van der Waals surface area contributed by atoms with Gasteiger partial charge in [-0.1, -0.05) is 30.3 Å². The van der Waals surface area contributed by atoms with Gasteiger partial charge < -0.3 is 10.1 Å². The molecule has 0 spiro atoms. The largest absolute Gasteiger partial charge is 0.490 e. The number of ether oxygens (including phenoxy) is 1. The molecule has 2 fully saturated rings. The topological polar surface area (TPSA) is 38.3 Å². The number of rotatable bonds is 5. The summed E-state index contributed by atoms with van der Waals surface area (Å²) >= 11 is 0. The highest BCUT2D eigenvalue weighted by Gasteiger charge is 2.25. The first-order chi connectivity index (χ1) is 12.3. The summed E-state index contributed by atoms with van der Waals surface area (Å²) in [7, 11) is 0. The molecule has 0 unspecified atom stereocenters. The number of carbonyl (C=O) groups is 1. The van der Waals surface area contributed by atoms with Crippen molar-refractivity contribution in [2.45, 2.75) is 56.6 Å². The van der Waals surface area contributed by atoms with Crippen molar-refractivity contribution in [1.82, 2.24) is 5.32 Å². The van der Waals surface area contributed by atoms with E-state index in [2.05, 4.69) is 17.4 Å². The second-order valence-corrected chi connectivity index (χ2v) is 7.27. The Morgan fingerprint density at radius 3 is 2.16 bits per heavy atom. The number of hydrogen-bond acceptors (Lipinski definition) is 2. The highest BCUT2D eigenvalue weighted by Crippen LogP contribution is 2.39. The lowest BCUT2D eigenvalue weighted by Gasteiger charge is -2.29. The molecule has 2 saturated carbocycles. The van der Waals surface area contributed by atoms with Gasteiger partial charge in [-0.05, 0) is 74.3 Å². The number of para-hydroxylation sites is 1. The van der Waals surface area contributed by atoms with Gasteiger partial charge in [0.25, 0.3) is 5.91 Å². The molecule has 3 nitrogen and oxygen atoms in total. The van der Waals surface area contributed by atoms with Crippen molar-refractivity contribution >= 4 is 5.91 Å².